The van der Waals surface area contributed by atoms with Gasteiger partial charge in [0.15, 0.2) is 0 Å². The average molecular weight is 274 g/mol. The van der Waals surface area contributed by atoms with Gasteiger partial charge >= 0.3 is 18.0 Å². The SMILES string of the molecule is COC1CC(C(=O)O)N(C(=O)NCCNC(N)=O)C1. The number of likely N-dealkylation sites (tertiary alicyclic amines) is 1. The van der Waals surface area contributed by atoms with Crippen LogP contribution in [0.2, 0.25) is 0 Å². The van der Waals surface area contributed by atoms with Gasteiger partial charge in [0.25, 0.3) is 0 Å². The van der Waals surface area contributed by atoms with E-state index < -0.39 is 24.1 Å². The van der Waals surface area contributed by atoms with E-state index in [0.29, 0.717) is 0 Å². The second-order valence-electron chi connectivity index (χ2n) is 4.12. The lowest BCUT2D eigenvalue weighted by molar-refractivity contribution is -0.141. The molecule has 2 unspecified atom stereocenters. The number of nitrogens with two attached hydrogens (primary N) is 1. The number of rotatable bonds is 5. The van der Waals surface area contributed by atoms with Crippen molar-refractivity contribution in [3.8, 4) is 0 Å². The van der Waals surface area contributed by atoms with E-state index in [-0.39, 0.29) is 32.2 Å². The third-order valence-corrected chi connectivity index (χ3v) is 2.84. The summed E-state index contributed by atoms with van der Waals surface area (Å²) in [5, 5.41) is 13.9. The second-order valence-corrected chi connectivity index (χ2v) is 4.12. The molecule has 2 atom stereocenters. The van der Waals surface area contributed by atoms with E-state index in [1.807, 2.05) is 0 Å². The highest BCUT2D eigenvalue weighted by molar-refractivity contribution is 5.83. The number of carboxylic acids is 1. The predicted molar refractivity (Wildman–Crippen MR) is 64.5 cm³/mol. The number of primary amides is 1. The van der Waals surface area contributed by atoms with Crippen LogP contribution < -0.4 is 16.4 Å². The Morgan fingerprint density at radius 1 is 1.37 bits per heavy atom. The van der Waals surface area contributed by atoms with Crippen molar-refractivity contribution >= 4 is 18.0 Å². The Morgan fingerprint density at radius 3 is 2.53 bits per heavy atom. The van der Waals surface area contributed by atoms with Crippen LogP contribution in [0.4, 0.5) is 9.59 Å². The first-order chi connectivity index (χ1) is 8.95. The second kappa shape index (κ2) is 6.78. The van der Waals surface area contributed by atoms with Crippen molar-refractivity contribution < 1.29 is 24.2 Å². The lowest BCUT2D eigenvalue weighted by atomic mass is 10.2. The number of amides is 4. The average Bonchev–Trinajstić information content (AvgIpc) is 2.78. The van der Waals surface area contributed by atoms with Crippen LogP contribution in [0.25, 0.3) is 0 Å². The first-order valence-electron chi connectivity index (χ1n) is 5.79. The van der Waals surface area contributed by atoms with Crippen LogP contribution in [0.5, 0.6) is 0 Å². The van der Waals surface area contributed by atoms with E-state index in [1.165, 1.54) is 12.0 Å². The highest BCUT2D eigenvalue weighted by Crippen LogP contribution is 2.20. The fraction of sp³-hybridized carbons (Fsp3) is 0.700. The molecule has 0 aliphatic carbocycles. The molecule has 1 heterocycles. The van der Waals surface area contributed by atoms with Gasteiger partial charge in [-0.15, -0.1) is 0 Å². The summed E-state index contributed by atoms with van der Waals surface area (Å²) < 4.78 is 5.07. The van der Waals surface area contributed by atoms with Gasteiger partial charge in [0.2, 0.25) is 0 Å². The fourth-order valence-corrected chi connectivity index (χ4v) is 1.88. The summed E-state index contributed by atoms with van der Waals surface area (Å²) in [5.41, 5.74) is 4.86. The number of carbonyl (C=O) groups excluding carboxylic acids is 2. The lowest BCUT2D eigenvalue weighted by Gasteiger charge is -2.21. The molecule has 5 N–H and O–H groups in total. The first kappa shape index (κ1) is 15.0. The number of carbonyl (C=O) groups is 3. The maximum atomic E-state index is 11.8. The van der Waals surface area contributed by atoms with Crippen molar-refractivity contribution in [2.75, 3.05) is 26.7 Å². The largest absolute Gasteiger partial charge is 0.480 e. The van der Waals surface area contributed by atoms with Crippen LogP contribution in [0.3, 0.4) is 0 Å². The first-order valence-corrected chi connectivity index (χ1v) is 5.79. The van der Waals surface area contributed by atoms with E-state index in [2.05, 4.69) is 10.6 Å². The monoisotopic (exact) mass is 274 g/mol. The minimum atomic E-state index is -1.06. The van der Waals surface area contributed by atoms with Gasteiger partial charge in [0.1, 0.15) is 6.04 Å². The number of nitrogens with zero attached hydrogens (tertiary/aromatic N) is 1. The molecule has 19 heavy (non-hydrogen) atoms. The maximum Gasteiger partial charge on any atom is 0.326 e. The van der Waals surface area contributed by atoms with Gasteiger partial charge in [-0.1, -0.05) is 0 Å². The number of methoxy groups -OCH3 is 1. The molecule has 1 fully saturated rings. The molecule has 0 radical (unpaired) electrons. The normalized spacial score (nSPS) is 22.1. The highest BCUT2D eigenvalue weighted by atomic mass is 16.5. The maximum absolute atomic E-state index is 11.8. The van der Waals surface area contributed by atoms with Crippen molar-refractivity contribution in [3.05, 3.63) is 0 Å². The number of hydrogen-bond acceptors (Lipinski definition) is 4. The molecule has 0 aromatic carbocycles. The molecule has 108 valence electrons. The molecule has 4 amide bonds. The number of hydrogen-bond donors (Lipinski definition) is 4. The van der Waals surface area contributed by atoms with Crippen LogP contribution in [0, 0.1) is 0 Å². The van der Waals surface area contributed by atoms with Gasteiger partial charge < -0.3 is 31.1 Å². The topological polar surface area (TPSA) is 134 Å². The Kier molecular flexibility index (Phi) is 5.37. The summed E-state index contributed by atoms with van der Waals surface area (Å²) in [6.07, 6.45) is -0.0192. The molecule has 1 saturated heterocycles. The smallest absolute Gasteiger partial charge is 0.326 e. The van der Waals surface area contributed by atoms with Crippen LogP contribution >= 0.6 is 0 Å². The summed E-state index contributed by atoms with van der Waals surface area (Å²) in [5.74, 6) is -1.06. The summed E-state index contributed by atoms with van der Waals surface area (Å²) in [4.78, 5) is 34.5. The molecule has 0 saturated carbocycles. The van der Waals surface area contributed by atoms with E-state index >= 15 is 0 Å². The molecule has 9 nitrogen and oxygen atoms in total. The number of urea groups is 2. The molecule has 9 heteroatoms. The van der Waals surface area contributed by atoms with Crippen molar-refractivity contribution in [2.45, 2.75) is 18.6 Å². The van der Waals surface area contributed by atoms with E-state index in [9.17, 15) is 14.4 Å². The summed E-state index contributed by atoms with van der Waals surface area (Å²) in [7, 11) is 1.47. The predicted octanol–water partition coefficient (Wildman–Crippen LogP) is -1.46. The Labute approximate surface area is 110 Å². The number of carboxylic acid groups (broad SMARTS) is 1. The molecule has 0 aromatic heterocycles. The quantitative estimate of drug-likeness (QED) is 0.454. The van der Waals surface area contributed by atoms with Crippen LogP contribution in [0.15, 0.2) is 0 Å². The van der Waals surface area contributed by atoms with Gasteiger partial charge in [-0.2, -0.15) is 0 Å². The van der Waals surface area contributed by atoms with Gasteiger partial charge in [-0.05, 0) is 0 Å². The zero-order valence-corrected chi connectivity index (χ0v) is 10.6. The van der Waals surface area contributed by atoms with E-state index in [4.69, 9.17) is 15.6 Å². The lowest BCUT2D eigenvalue weighted by Crippen LogP contribution is -2.48. The molecular formula is C10H18N4O5. The molecule has 0 aromatic rings. The van der Waals surface area contributed by atoms with Gasteiger partial charge in [0.05, 0.1) is 6.10 Å². The number of aliphatic carboxylic acids is 1. The van der Waals surface area contributed by atoms with Crippen LogP contribution in [-0.4, -0.2) is 66.9 Å². The zero-order valence-electron chi connectivity index (χ0n) is 10.6. The third kappa shape index (κ3) is 4.28. The standard InChI is InChI=1S/C10H18N4O5/c1-19-6-4-7(8(15)16)14(5-6)10(18)13-3-2-12-9(11)17/h6-7H,2-5H2,1H3,(H,13,18)(H,15,16)(H3,11,12,17). The van der Waals surface area contributed by atoms with Gasteiger partial charge in [-0.3, -0.25) is 0 Å². The van der Waals surface area contributed by atoms with Crippen molar-refractivity contribution in [1.29, 1.82) is 0 Å². The molecule has 1 rings (SSSR count). The summed E-state index contributed by atoms with van der Waals surface area (Å²) >= 11 is 0. The Bertz CT molecular complexity index is 362. The number of nitrogens with one attached hydrogen (secondary N) is 2. The number of ether oxygens (including phenoxy) is 1. The van der Waals surface area contributed by atoms with Crippen molar-refractivity contribution in [1.82, 2.24) is 15.5 Å². The van der Waals surface area contributed by atoms with Crippen LogP contribution in [0.1, 0.15) is 6.42 Å². The summed E-state index contributed by atoms with van der Waals surface area (Å²) in [6.45, 7) is 0.575. The molecule has 1 aliphatic heterocycles. The molecule has 0 spiro atoms. The van der Waals surface area contributed by atoms with Crippen molar-refractivity contribution in [3.63, 3.8) is 0 Å². The van der Waals surface area contributed by atoms with Gasteiger partial charge in [-0.25, -0.2) is 14.4 Å². The van der Waals surface area contributed by atoms with Crippen molar-refractivity contribution in [2.24, 2.45) is 5.73 Å². The molecule has 1 aliphatic rings. The Morgan fingerprint density at radius 2 is 2.00 bits per heavy atom. The molecular weight excluding hydrogens is 256 g/mol. The zero-order chi connectivity index (χ0) is 14.4. The van der Waals surface area contributed by atoms with Gasteiger partial charge in [0, 0.05) is 33.2 Å². The van der Waals surface area contributed by atoms with E-state index in [1.54, 1.807) is 0 Å². The minimum Gasteiger partial charge on any atom is -0.480 e. The minimum absolute atomic E-state index is 0.169. The van der Waals surface area contributed by atoms with E-state index in [0.717, 1.165) is 0 Å². The fourth-order valence-electron chi connectivity index (χ4n) is 1.88. The molecule has 0 bridgehead atoms. The Balaban J connectivity index is 2.45. The Hall–Kier alpha value is -2.03. The summed E-state index contributed by atoms with van der Waals surface area (Å²) in [6, 6.07) is -2.08. The van der Waals surface area contributed by atoms with Crippen LogP contribution in [-0.2, 0) is 9.53 Å². The third-order valence-electron chi connectivity index (χ3n) is 2.84. The highest BCUT2D eigenvalue weighted by Gasteiger charge is 2.39.